The molecule has 1 fully saturated rings. The normalized spacial score (nSPS) is 15.9. The van der Waals surface area contributed by atoms with Crippen LogP contribution in [0.5, 0.6) is 0 Å². The lowest BCUT2D eigenvalue weighted by atomic mass is 9.80. The van der Waals surface area contributed by atoms with Gasteiger partial charge in [-0.05, 0) is 104 Å². The highest BCUT2D eigenvalue weighted by Gasteiger charge is 2.28. The first-order valence-corrected chi connectivity index (χ1v) is 14.7. The molecule has 0 unspecified atom stereocenters. The number of halogens is 1. The van der Waals surface area contributed by atoms with E-state index in [9.17, 15) is 0 Å². The van der Waals surface area contributed by atoms with Crippen molar-refractivity contribution in [3.63, 3.8) is 0 Å². The number of furan rings is 1. The summed E-state index contributed by atoms with van der Waals surface area (Å²) in [5.74, 6) is 0.465. The monoisotopic (exact) mass is 518 g/mol. The molecule has 2 heterocycles. The maximum atomic E-state index is 15.9. The van der Waals surface area contributed by atoms with Gasteiger partial charge in [0.2, 0.25) is 5.69 Å². The van der Waals surface area contributed by atoms with Gasteiger partial charge in [0.05, 0.1) is 11.1 Å². The Hall–Kier alpha value is -3.46. The predicted octanol–water partition coefficient (Wildman–Crippen LogP) is 9.35. The molecule has 2 aliphatic rings. The van der Waals surface area contributed by atoms with Gasteiger partial charge in [-0.25, -0.2) is 8.96 Å². The summed E-state index contributed by atoms with van der Waals surface area (Å²) in [6, 6.07) is 14.6. The van der Waals surface area contributed by atoms with Gasteiger partial charge in [-0.2, -0.15) is 0 Å². The van der Waals surface area contributed by atoms with Crippen LogP contribution in [0.15, 0.2) is 53.1 Å². The van der Waals surface area contributed by atoms with Crippen molar-refractivity contribution in [2.24, 2.45) is 7.05 Å². The Balaban J connectivity index is 1.47. The Morgan fingerprint density at radius 3 is 2.26 bits per heavy atom. The van der Waals surface area contributed by atoms with E-state index in [1.54, 1.807) is 6.07 Å². The molecule has 39 heavy (non-hydrogen) atoms. The molecule has 0 bridgehead atoms. The molecule has 0 radical (unpaired) electrons. The molecule has 3 aromatic carbocycles. The van der Waals surface area contributed by atoms with Crippen LogP contribution in [0.2, 0.25) is 0 Å². The molecule has 0 atom stereocenters. The lowest BCUT2D eigenvalue weighted by Gasteiger charge is -2.25. The number of aromatic nitrogens is 1. The molecule has 2 aliphatic carbocycles. The van der Waals surface area contributed by atoms with Crippen LogP contribution in [0.25, 0.3) is 44.3 Å². The Labute approximate surface area is 230 Å². The summed E-state index contributed by atoms with van der Waals surface area (Å²) in [5.41, 5.74) is 13.4. The topological polar surface area (TPSA) is 17.0 Å². The van der Waals surface area contributed by atoms with Crippen molar-refractivity contribution >= 4 is 21.9 Å². The summed E-state index contributed by atoms with van der Waals surface area (Å²) in [4.78, 5) is 0. The fourth-order valence-electron chi connectivity index (χ4n) is 7.44. The molecular formula is C36H37FNO+. The van der Waals surface area contributed by atoms with Gasteiger partial charge in [0.25, 0.3) is 0 Å². The molecule has 3 heteroatoms. The third-order valence-corrected chi connectivity index (χ3v) is 9.60. The van der Waals surface area contributed by atoms with E-state index in [2.05, 4.69) is 68.9 Å². The molecule has 7 rings (SSSR count). The molecular weight excluding hydrogens is 481 g/mol. The number of benzene rings is 3. The molecule has 0 aliphatic heterocycles. The molecule has 198 valence electrons. The maximum Gasteiger partial charge on any atom is 0.216 e. The minimum absolute atomic E-state index is 0.198. The number of pyridine rings is 1. The SMILES string of the molecule is Cc1cc(-c2c(C)ccc3c2oc2c(-c4ccc(C5CCCCC5)c5c4CCC5)c(F)ccc23)[n+](C)cc1C. The average molecular weight is 519 g/mol. The first-order chi connectivity index (χ1) is 18.9. The van der Waals surface area contributed by atoms with Crippen molar-refractivity contribution in [3.8, 4) is 22.4 Å². The summed E-state index contributed by atoms with van der Waals surface area (Å²) < 4.78 is 24.8. The highest BCUT2D eigenvalue weighted by molar-refractivity contribution is 6.13. The van der Waals surface area contributed by atoms with Gasteiger partial charge >= 0.3 is 0 Å². The number of fused-ring (bicyclic) bond motifs is 4. The zero-order valence-electron chi connectivity index (χ0n) is 23.6. The molecule has 1 saturated carbocycles. The summed E-state index contributed by atoms with van der Waals surface area (Å²) >= 11 is 0. The zero-order valence-corrected chi connectivity index (χ0v) is 23.6. The van der Waals surface area contributed by atoms with E-state index in [4.69, 9.17) is 4.42 Å². The summed E-state index contributed by atoms with van der Waals surface area (Å²) in [6.07, 6.45) is 12.0. The van der Waals surface area contributed by atoms with E-state index in [0.29, 0.717) is 17.1 Å². The Morgan fingerprint density at radius 1 is 0.744 bits per heavy atom. The van der Waals surface area contributed by atoms with Crippen LogP contribution in [0, 0.1) is 26.6 Å². The summed E-state index contributed by atoms with van der Waals surface area (Å²) in [6.45, 7) is 6.42. The largest absolute Gasteiger partial charge is 0.454 e. The van der Waals surface area contributed by atoms with E-state index in [1.165, 1.54) is 59.9 Å². The lowest BCUT2D eigenvalue weighted by molar-refractivity contribution is -0.660. The molecule has 2 nitrogen and oxygen atoms in total. The maximum absolute atomic E-state index is 15.9. The van der Waals surface area contributed by atoms with Crippen LogP contribution >= 0.6 is 0 Å². The van der Waals surface area contributed by atoms with Gasteiger partial charge in [0.15, 0.2) is 6.20 Å². The van der Waals surface area contributed by atoms with Crippen LogP contribution < -0.4 is 4.57 Å². The lowest BCUT2D eigenvalue weighted by Crippen LogP contribution is -2.31. The Bertz CT molecular complexity index is 1770. The first-order valence-electron chi connectivity index (χ1n) is 14.7. The second-order valence-electron chi connectivity index (χ2n) is 12.0. The van der Waals surface area contributed by atoms with E-state index >= 15 is 4.39 Å². The van der Waals surface area contributed by atoms with Crippen LogP contribution in [-0.2, 0) is 19.9 Å². The molecule has 0 spiro atoms. The van der Waals surface area contributed by atoms with Gasteiger partial charge in [-0.1, -0.05) is 43.5 Å². The second-order valence-corrected chi connectivity index (χ2v) is 12.0. The molecule has 5 aromatic rings. The van der Waals surface area contributed by atoms with E-state index < -0.39 is 0 Å². The summed E-state index contributed by atoms with van der Waals surface area (Å²) in [5, 5.41) is 2.03. The van der Waals surface area contributed by atoms with Gasteiger partial charge in [-0.15, -0.1) is 0 Å². The van der Waals surface area contributed by atoms with E-state index in [0.717, 1.165) is 58.0 Å². The molecule has 2 aromatic heterocycles. The van der Waals surface area contributed by atoms with Crippen molar-refractivity contribution in [3.05, 3.63) is 87.9 Å². The quantitative estimate of drug-likeness (QED) is 0.217. The Kier molecular flexibility index (Phi) is 5.88. The smallest absolute Gasteiger partial charge is 0.216 e. The van der Waals surface area contributed by atoms with Crippen molar-refractivity contribution in [1.82, 2.24) is 0 Å². The average Bonchev–Trinajstić information content (AvgIpc) is 3.57. The third-order valence-electron chi connectivity index (χ3n) is 9.60. The zero-order chi connectivity index (χ0) is 26.8. The van der Waals surface area contributed by atoms with Crippen molar-refractivity contribution in [2.45, 2.75) is 78.1 Å². The Morgan fingerprint density at radius 2 is 1.46 bits per heavy atom. The number of nitrogens with zero attached hydrogens (tertiary/aromatic N) is 1. The highest BCUT2D eigenvalue weighted by Crippen LogP contribution is 2.46. The van der Waals surface area contributed by atoms with Crippen LogP contribution in [0.4, 0.5) is 4.39 Å². The van der Waals surface area contributed by atoms with Crippen LogP contribution in [0.3, 0.4) is 0 Å². The third kappa shape index (κ3) is 3.84. The number of hydrogen-bond donors (Lipinski definition) is 0. The summed E-state index contributed by atoms with van der Waals surface area (Å²) in [7, 11) is 2.09. The standard InChI is InChI=1S/C36H37FNO/c1-21-13-14-29-30-17-18-31(37)34(36(30)39-35(29)33(21)32-19-22(2)23(3)20-38(32)4)28-16-15-25(24-9-6-5-7-10-24)26-11-8-12-27(26)28/h13-20,24H,5-12H2,1-4H3/q+1. The van der Waals surface area contributed by atoms with Crippen molar-refractivity contribution in [1.29, 1.82) is 0 Å². The number of rotatable bonds is 3. The first kappa shape index (κ1) is 24.6. The fraction of sp³-hybridized carbons (Fsp3) is 0.361. The van der Waals surface area contributed by atoms with Crippen molar-refractivity contribution < 1.29 is 13.4 Å². The number of aryl methyl sites for hydroxylation is 4. The van der Waals surface area contributed by atoms with Crippen LogP contribution in [-0.4, -0.2) is 0 Å². The van der Waals surface area contributed by atoms with E-state index in [1.807, 2.05) is 6.07 Å². The van der Waals surface area contributed by atoms with Gasteiger partial charge < -0.3 is 4.42 Å². The van der Waals surface area contributed by atoms with Gasteiger partial charge in [-0.3, -0.25) is 0 Å². The molecule has 0 amide bonds. The van der Waals surface area contributed by atoms with Crippen LogP contribution in [0.1, 0.15) is 77.8 Å². The predicted molar refractivity (Wildman–Crippen MR) is 158 cm³/mol. The minimum Gasteiger partial charge on any atom is -0.454 e. The van der Waals surface area contributed by atoms with Gasteiger partial charge in [0.1, 0.15) is 24.0 Å². The highest BCUT2D eigenvalue weighted by atomic mass is 19.1. The van der Waals surface area contributed by atoms with Crippen molar-refractivity contribution in [2.75, 3.05) is 0 Å². The van der Waals surface area contributed by atoms with E-state index in [-0.39, 0.29) is 5.82 Å². The van der Waals surface area contributed by atoms with Gasteiger partial charge in [0, 0.05) is 22.4 Å². The fourth-order valence-corrected chi connectivity index (χ4v) is 7.44. The second kappa shape index (κ2) is 9.33. The molecule has 0 N–H and O–H groups in total. The minimum atomic E-state index is -0.198. The molecule has 0 saturated heterocycles. The number of hydrogen-bond acceptors (Lipinski definition) is 1.